The van der Waals surface area contributed by atoms with Crippen molar-refractivity contribution in [3.63, 3.8) is 0 Å². The molecule has 6 heteroatoms. The molecule has 3 saturated carbocycles. The molecule has 3 aliphatic carbocycles. The molecule has 28 heavy (non-hydrogen) atoms. The summed E-state index contributed by atoms with van der Waals surface area (Å²) < 4.78 is 5.00. The molecule has 0 saturated heterocycles. The number of methoxy groups -OCH3 is 1. The maximum atomic E-state index is 12.5. The lowest BCUT2D eigenvalue weighted by Gasteiger charge is -2.56. The van der Waals surface area contributed by atoms with E-state index in [1.54, 1.807) is 7.11 Å². The number of rotatable bonds is 7. The Bertz CT molecular complexity index is 579. The summed E-state index contributed by atoms with van der Waals surface area (Å²) in [5.41, 5.74) is 0.0857. The van der Waals surface area contributed by atoms with Gasteiger partial charge >= 0.3 is 0 Å². The van der Waals surface area contributed by atoms with Gasteiger partial charge in [-0.15, -0.1) is 0 Å². The Balaban J connectivity index is 1.67. The SMILES string of the molecule is COCCNC(=O)[C@@H](C)[C@@H]1CC[C@@]2(C)CC[C@H](NC(=O)C3CC3)[C@@H](C)[C@@H]2[C@H]1O. The van der Waals surface area contributed by atoms with Crippen LogP contribution in [0.25, 0.3) is 0 Å². The van der Waals surface area contributed by atoms with Crippen molar-refractivity contribution in [3.05, 3.63) is 0 Å². The molecule has 0 unspecified atom stereocenters. The average Bonchev–Trinajstić information content (AvgIpc) is 3.49. The molecule has 2 amide bonds. The fraction of sp³-hybridized carbons (Fsp3) is 0.909. The van der Waals surface area contributed by atoms with E-state index in [1.165, 1.54) is 0 Å². The zero-order chi connectivity index (χ0) is 20.5. The number of aliphatic hydroxyl groups excluding tert-OH is 1. The molecule has 0 bridgehead atoms. The van der Waals surface area contributed by atoms with Crippen molar-refractivity contribution < 1.29 is 19.4 Å². The van der Waals surface area contributed by atoms with Crippen LogP contribution < -0.4 is 10.6 Å². The number of carbonyl (C=O) groups is 2. The molecule has 0 spiro atoms. The molecule has 0 radical (unpaired) electrons. The second kappa shape index (κ2) is 8.70. The first-order valence-electron chi connectivity index (χ1n) is 11.0. The molecule has 0 aromatic carbocycles. The van der Waals surface area contributed by atoms with Gasteiger partial charge < -0.3 is 20.5 Å². The number of hydrogen-bond acceptors (Lipinski definition) is 4. The molecule has 0 aliphatic heterocycles. The van der Waals surface area contributed by atoms with Gasteiger partial charge in [-0.25, -0.2) is 0 Å². The molecule has 7 atom stereocenters. The first kappa shape index (κ1) is 21.6. The second-order valence-corrected chi connectivity index (χ2v) is 9.73. The highest BCUT2D eigenvalue weighted by Crippen LogP contribution is 2.55. The molecular formula is C22H38N2O4. The lowest BCUT2D eigenvalue weighted by Crippen LogP contribution is -2.58. The molecule has 160 valence electrons. The van der Waals surface area contributed by atoms with Crippen LogP contribution in [-0.4, -0.2) is 49.3 Å². The lowest BCUT2D eigenvalue weighted by molar-refractivity contribution is -0.144. The summed E-state index contributed by atoms with van der Waals surface area (Å²) >= 11 is 0. The predicted octanol–water partition coefficient (Wildman–Crippen LogP) is 2.10. The predicted molar refractivity (Wildman–Crippen MR) is 107 cm³/mol. The van der Waals surface area contributed by atoms with Crippen LogP contribution in [0, 0.1) is 35.0 Å². The number of amides is 2. The molecule has 6 nitrogen and oxygen atoms in total. The highest BCUT2D eigenvalue weighted by molar-refractivity contribution is 5.81. The maximum Gasteiger partial charge on any atom is 0.223 e. The van der Waals surface area contributed by atoms with Crippen LogP contribution in [-0.2, 0) is 14.3 Å². The van der Waals surface area contributed by atoms with E-state index in [0.29, 0.717) is 13.2 Å². The van der Waals surface area contributed by atoms with Gasteiger partial charge in [-0.3, -0.25) is 9.59 Å². The summed E-state index contributed by atoms with van der Waals surface area (Å²) in [7, 11) is 1.62. The second-order valence-electron chi connectivity index (χ2n) is 9.73. The Hall–Kier alpha value is -1.14. The first-order chi connectivity index (χ1) is 13.3. The number of nitrogens with one attached hydrogen (secondary N) is 2. The van der Waals surface area contributed by atoms with E-state index in [2.05, 4.69) is 24.5 Å². The third kappa shape index (κ3) is 4.38. The van der Waals surface area contributed by atoms with E-state index >= 15 is 0 Å². The monoisotopic (exact) mass is 394 g/mol. The van der Waals surface area contributed by atoms with E-state index < -0.39 is 6.10 Å². The number of aliphatic hydroxyl groups is 1. The van der Waals surface area contributed by atoms with Gasteiger partial charge in [0.25, 0.3) is 0 Å². The molecule has 3 aliphatic rings. The van der Waals surface area contributed by atoms with Crippen molar-refractivity contribution in [3.8, 4) is 0 Å². The number of fused-ring (bicyclic) bond motifs is 1. The van der Waals surface area contributed by atoms with Crippen LogP contribution in [0.4, 0.5) is 0 Å². The zero-order valence-corrected chi connectivity index (χ0v) is 17.9. The van der Waals surface area contributed by atoms with E-state index in [4.69, 9.17) is 4.74 Å². The van der Waals surface area contributed by atoms with Crippen LogP contribution in [0.15, 0.2) is 0 Å². The molecule has 3 N–H and O–H groups in total. The quantitative estimate of drug-likeness (QED) is 0.577. The van der Waals surface area contributed by atoms with Gasteiger partial charge in [0.2, 0.25) is 11.8 Å². The van der Waals surface area contributed by atoms with Crippen molar-refractivity contribution in [2.75, 3.05) is 20.3 Å². The van der Waals surface area contributed by atoms with E-state index in [-0.39, 0.29) is 52.9 Å². The summed E-state index contributed by atoms with van der Waals surface area (Å²) in [6.07, 6.45) is 5.41. The highest BCUT2D eigenvalue weighted by atomic mass is 16.5. The first-order valence-corrected chi connectivity index (χ1v) is 11.0. The van der Waals surface area contributed by atoms with E-state index in [1.807, 2.05) is 6.92 Å². The summed E-state index contributed by atoms with van der Waals surface area (Å²) in [4.78, 5) is 24.8. The lowest BCUT2D eigenvalue weighted by atomic mass is 9.51. The van der Waals surface area contributed by atoms with Crippen LogP contribution >= 0.6 is 0 Å². The van der Waals surface area contributed by atoms with Crippen LogP contribution in [0.5, 0.6) is 0 Å². The smallest absolute Gasteiger partial charge is 0.223 e. The maximum absolute atomic E-state index is 12.5. The van der Waals surface area contributed by atoms with Crippen molar-refractivity contribution in [1.29, 1.82) is 0 Å². The third-order valence-electron chi connectivity index (χ3n) is 7.82. The number of hydrogen-bond donors (Lipinski definition) is 3. The van der Waals surface area contributed by atoms with Gasteiger partial charge in [0.05, 0.1) is 12.7 Å². The minimum Gasteiger partial charge on any atom is -0.392 e. The van der Waals surface area contributed by atoms with Crippen LogP contribution in [0.3, 0.4) is 0 Å². The van der Waals surface area contributed by atoms with Gasteiger partial charge in [-0.1, -0.05) is 20.8 Å². The molecule has 3 fully saturated rings. The third-order valence-corrected chi connectivity index (χ3v) is 7.82. The summed E-state index contributed by atoms with van der Waals surface area (Å²) in [5.74, 6) is 0.438. The Labute approximate surface area is 169 Å². The topological polar surface area (TPSA) is 87.7 Å². The van der Waals surface area contributed by atoms with E-state index in [0.717, 1.165) is 38.5 Å². The van der Waals surface area contributed by atoms with E-state index in [9.17, 15) is 14.7 Å². The molecule has 3 rings (SSSR count). The Morgan fingerprint density at radius 1 is 1.21 bits per heavy atom. The molecular weight excluding hydrogens is 356 g/mol. The fourth-order valence-corrected chi connectivity index (χ4v) is 5.78. The van der Waals surface area contributed by atoms with Crippen LogP contribution in [0.2, 0.25) is 0 Å². The van der Waals surface area contributed by atoms with Crippen molar-refractivity contribution in [2.45, 2.75) is 71.4 Å². The minimum atomic E-state index is -0.516. The zero-order valence-electron chi connectivity index (χ0n) is 17.9. The van der Waals surface area contributed by atoms with Crippen molar-refractivity contribution in [2.24, 2.45) is 35.0 Å². The number of ether oxygens (including phenoxy) is 1. The molecule has 0 heterocycles. The Kier molecular flexibility index (Phi) is 6.70. The molecule has 0 aromatic rings. The molecule has 0 aromatic heterocycles. The van der Waals surface area contributed by atoms with Gasteiger partial charge in [0.1, 0.15) is 0 Å². The largest absolute Gasteiger partial charge is 0.392 e. The van der Waals surface area contributed by atoms with Crippen molar-refractivity contribution in [1.82, 2.24) is 10.6 Å². The Morgan fingerprint density at radius 2 is 1.89 bits per heavy atom. The van der Waals surface area contributed by atoms with Crippen LogP contribution in [0.1, 0.15) is 59.3 Å². The number of carbonyl (C=O) groups excluding carboxylic acids is 2. The summed E-state index contributed by atoms with van der Waals surface area (Å²) in [6, 6.07) is 0.130. The van der Waals surface area contributed by atoms with Gasteiger partial charge in [-0.2, -0.15) is 0 Å². The highest BCUT2D eigenvalue weighted by Gasteiger charge is 2.54. The summed E-state index contributed by atoms with van der Waals surface area (Å²) in [6.45, 7) is 7.38. The van der Waals surface area contributed by atoms with Gasteiger partial charge in [-0.05, 0) is 61.7 Å². The standard InChI is InChI=1S/C22H38N2O4/c1-13(20(26)23-11-12-28-4)16-7-9-22(3)10-8-17(14(2)18(22)19(16)25)24-21(27)15-5-6-15/h13-19,25H,5-12H2,1-4H3,(H,23,26)(H,24,27)/t13-,14+,16-,17-,18+,19-,22-/m0/s1. The van der Waals surface area contributed by atoms with Gasteiger partial charge in [0, 0.05) is 31.5 Å². The van der Waals surface area contributed by atoms with Crippen molar-refractivity contribution >= 4 is 11.8 Å². The normalized spacial score (nSPS) is 39.0. The average molecular weight is 395 g/mol. The van der Waals surface area contributed by atoms with Gasteiger partial charge in [0.15, 0.2) is 0 Å². The summed E-state index contributed by atoms with van der Waals surface area (Å²) in [5, 5.41) is 17.5. The Morgan fingerprint density at radius 3 is 2.54 bits per heavy atom. The fourth-order valence-electron chi connectivity index (χ4n) is 5.78. The minimum absolute atomic E-state index is 0.00764.